The van der Waals surface area contributed by atoms with Crippen LogP contribution >= 0.6 is 0 Å². The quantitative estimate of drug-likeness (QED) is 0.287. The standard InChI is InChI=1S/C24H28FN3O5/c1-6-33-24(32)19-13(2)17(14(3)26-19)21(29)18-20(15-7-9-16(25)10-8-15)28(12-11-27(4)5)23(31)22(18)30/h7-10,20,26,29H,6,11-12H2,1-5H3/b21-18+. The lowest BCUT2D eigenvalue weighted by atomic mass is 9.94. The number of Topliss-reactive ketones (excluding diaryl/α,β-unsaturated/α-hetero) is 1. The summed E-state index contributed by atoms with van der Waals surface area (Å²) in [7, 11) is 3.68. The van der Waals surface area contributed by atoms with Gasteiger partial charge in [-0.1, -0.05) is 12.1 Å². The van der Waals surface area contributed by atoms with Gasteiger partial charge in [-0.3, -0.25) is 9.59 Å². The van der Waals surface area contributed by atoms with Crippen LogP contribution in [-0.4, -0.2) is 71.3 Å². The van der Waals surface area contributed by atoms with Crippen molar-refractivity contribution in [3.8, 4) is 0 Å². The summed E-state index contributed by atoms with van der Waals surface area (Å²) < 4.78 is 18.6. The average molecular weight is 458 g/mol. The second-order valence-electron chi connectivity index (χ2n) is 8.19. The van der Waals surface area contributed by atoms with Crippen molar-refractivity contribution in [2.24, 2.45) is 0 Å². The number of esters is 1. The van der Waals surface area contributed by atoms with Crippen molar-refractivity contribution in [2.75, 3.05) is 33.8 Å². The number of nitrogens with one attached hydrogen (secondary N) is 1. The highest BCUT2D eigenvalue weighted by Gasteiger charge is 2.46. The van der Waals surface area contributed by atoms with Gasteiger partial charge in [-0.2, -0.15) is 0 Å². The molecule has 1 unspecified atom stereocenters. The van der Waals surface area contributed by atoms with E-state index >= 15 is 0 Å². The summed E-state index contributed by atoms with van der Waals surface area (Å²) in [6.07, 6.45) is 0. The smallest absolute Gasteiger partial charge is 0.355 e. The van der Waals surface area contributed by atoms with Crippen molar-refractivity contribution in [2.45, 2.75) is 26.8 Å². The predicted molar refractivity (Wildman–Crippen MR) is 120 cm³/mol. The Morgan fingerprint density at radius 2 is 1.85 bits per heavy atom. The lowest BCUT2D eigenvalue weighted by molar-refractivity contribution is -0.140. The highest BCUT2D eigenvalue weighted by Crippen LogP contribution is 2.40. The number of carbonyl (C=O) groups is 3. The normalized spacial score (nSPS) is 17.8. The minimum Gasteiger partial charge on any atom is -0.507 e. The first kappa shape index (κ1) is 24.2. The van der Waals surface area contributed by atoms with E-state index in [-0.39, 0.29) is 30.0 Å². The van der Waals surface area contributed by atoms with Crippen molar-refractivity contribution in [3.05, 3.63) is 63.7 Å². The van der Waals surface area contributed by atoms with Crippen LogP contribution in [0.3, 0.4) is 0 Å². The first-order chi connectivity index (χ1) is 15.6. The highest BCUT2D eigenvalue weighted by atomic mass is 19.1. The third kappa shape index (κ3) is 4.54. The molecule has 0 bridgehead atoms. The van der Waals surface area contributed by atoms with Crippen LogP contribution < -0.4 is 0 Å². The molecule has 0 aliphatic carbocycles. The van der Waals surface area contributed by atoms with Crippen molar-refractivity contribution in [3.63, 3.8) is 0 Å². The number of aliphatic hydroxyl groups is 1. The zero-order chi connectivity index (χ0) is 24.4. The van der Waals surface area contributed by atoms with E-state index in [0.717, 1.165) is 0 Å². The Hall–Kier alpha value is -3.46. The molecule has 2 N–H and O–H groups in total. The molecule has 0 radical (unpaired) electrons. The maximum Gasteiger partial charge on any atom is 0.355 e. The summed E-state index contributed by atoms with van der Waals surface area (Å²) in [6, 6.07) is 4.57. The average Bonchev–Trinajstić information content (AvgIpc) is 3.19. The predicted octanol–water partition coefficient (Wildman–Crippen LogP) is 2.93. The minimum absolute atomic E-state index is 0.106. The first-order valence-corrected chi connectivity index (χ1v) is 10.6. The van der Waals surface area contributed by atoms with Crippen LogP contribution in [-0.2, 0) is 14.3 Å². The molecule has 1 aromatic heterocycles. The largest absolute Gasteiger partial charge is 0.507 e. The van der Waals surface area contributed by atoms with Crippen LogP contribution in [0.5, 0.6) is 0 Å². The van der Waals surface area contributed by atoms with Gasteiger partial charge in [0.15, 0.2) is 0 Å². The monoisotopic (exact) mass is 457 g/mol. The number of benzene rings is 1. The molecule has 1 amide bonds. The minimum atomic E-state index is -0.898. The molecule has 1 aliphatic rings. The van der Waals surface area contributed by atoms with Gasteiger partial charge in [0.25, 0.3) is 11.7 Å². The number of aromatic amines is 1. The number of rotatable bonds is 7. The van der Waals surface area contributed by atoms with E-state index in [4.69, 9.17) is 4.74 Å². The fraction of sp³-hybridized carbons (Fsp3) is 0.375. The number of likely N-dealkylation sites (N-methyl/N-ethyl adjacent to an activating group) is 1. The molecule has 176 valence electrons. The van der Waals surface area contributed by atoms with Gasteiger partial charge in [-0.05, 0) is 58.1 Å². The number of hydrogen-bond donors (Lipinski definition) is 2. The molecule has 1 aromatic carbocycles. The van der Waals surface area contributed by atoms with E-state index in [2.05, 4.69) is 4.98 Å². The fourth-order valence-electron chi connectivity index (χ4n) is 4.06. The van der Waals surface area contributed by atoms with Gasteiger partial charge < -0.3 is 24.6 Å². The van der Waals surface area contributed by atoms with Gasteiger partial charge in [0.1, 0.15) is 17.3 Å². The van der Waals surface area contributed by atoms with E-state index in [1.165, 1.54) is 29.2 Å². The van der Waals surface area contributed by atoms with Crippen molar-refractivity contribution in [1.82, 2.24) is 14.8 Å². The second-order valence-corrected chi connectivity index (χ2v) is 8.19. The number of amides is 1. The topological polar surface area (TPSA) is 103 Å². The number of carbonyl (C=O) groups excluding carboxylic acids is 3. The van der Waals surface area contributed by atoms with Crippen LogP contribution in [0, 0.1) is 19.7 Å². The highest BCUT2D eigenvalue weighted by molar-refractivity contribution is 6.46. The van der Waals surface area contributed by atoms with Crippen molar-refractivity contribution >= 4 is 23.4 Å². The number of aromatic nitrogens is 1. The fourth-order valence-corrected chi connectivity index (χ4v) is 4.06. The molecule has 1 saturated heterocycles. The lowest BCUT2D eigenvalue weighted by Gasteiger charge is -2.26. The Balaban J connectivity index is 2.19. The van der Waals surface area contributed by atoms with Crippen LogP contribution in [0.25, 0.3) is 5.76 Å². The molecule has 1 aliphatic heterocycles. The molecular weight excluding hydrogens is 429 g/mol. The van der Waals surface area contributed by atoms with Crippen molar-refractivity contribution in [1.29, 1.82) is 0 Å². The van der Waals surface area contributed by atoms with E-state index in [1.807, 2.05) is 19.0 Å². The molecule has 1 atom stereocenters. The summed E-state index contributed by atoms with van der Waals surface area (Å²) in [4.78, 5) is 44.5. The zero-order valence-electron chi connectivity index (χ0n) is 19.4. The SMILES string of the molecule is CCOC(=O)c1[nH]c(C)c(/C(O)=C2\C(=O)C(=O)N(CCN(C)C)C2c2ccc(F)cc2)c1C. The third-order valence-corrected chi connectivity index (χ3v) is 5.67. The number of halogens is 1. The second kappa shape index (κ2) is 9.58. The van der Waals surface area contributed by atoms with Crippen LogP contribution in [0.4, 0.5) is 4.39 Å². The molecule has 8 nitrogen and oxygen atoms in total. The molecular formula is C24H28FN3O5. The molecule has 2 heterocycles. The number of H-pyrrole nitrogens is 1. The van der Waals surface area contributed by atoms with Gasteiger partial charge in [0.2, 0.25) is 0 Å². The Morgan fingerprint density at radius 3 is 2.42 bits per heavy atom. The lowest BCUT2D eigenvalue weighted by Crippen LogP contribution is -2.35. The number of ether oxygens (including phenoxy) is 1. The molecule has 9 heteroatoms. The van der Waals surface area contributed by atoms with Gasteiger partial charge in [-0.15, -0.1) is 0 Å². The number of aryl methyl sites for hydroxylation is 1. The molecule has 2 aromatic rings. The van der Waals surface area contributed by atoms with Gasteiger partial charge >= 0.3 is 5.97 Å². The number of aliphatic hydroxyl groups excluding tert-OH is 1. The van der Waals surface area contributed by atoms with Crippen LogP contribution in [0.15, 0.2) is 29.8 Å². The maximum absolute atomic E-state index is 13.6. The zero-order valence-corrected chi connectivity index (χ0v) is 19.4. The summed E-state index contributed by atoms with van der Waals surface area (Å²) in [5.74, 6) is -3.02. The molecule has 0 spiro atoms. The summed E-state index contributed by atoms with van der Waals surface area (Å²) in [6.45, 7) is 5.86. The van der Waals surface area contributed by atoms with Crippen molar-refractivity contribution < 1.29 is 28.6 Å². The van der Waals surface area contributed by atoms with Gasteiger partial charge in [0, 0.05) is 24.3 Å². The number of nitrogens with zero attached hydrogens (tertiary/aromatic N) is 2. The summed E-state index contributed by atoms with van der Waals surface area (Å²) in [5, 5.41) is 11.3. The molecule has 0 saturated carbocycles. The van der Waals surface area contributed by atoms with E-state index in [9.17, 15) is 23.9 Å². The first-order valence-electron chi connectivity index (χ1n) is 10.6. The maximum atomic E-state index is 13.6. The summed E-state index contributed by atoms with van der Waals surface area (Å²) >= 11 is 0. The number of hydrogen-bond acceptors (Lipinski definition) is 6. The van der Waals surface area contributed by atoms with Gasteiger partial charge in [-0.25, -0.2) is 9.18 Å². The Labute approximate surface area is 191 Å². The number of ketones is 1. The Bertz CT molecular complexity index is 1120. The molecule has 3 rings (SSSR count). The summed E-state index contributed by atoms with van der Waals surface area (Å²) in [5.41, 5.74) is 1.66. The van der Waals surface area contributed by atoms with E-state index in [0.29, 0.717) is 23.4 Å². The van der Waals surface area contributed by atoms with E-state index in [1.54, 1.807) is 20.8 Å². The van der Waals surface area contributed by atoms with Gasteiger partial charge in [0.05, 0.1) is 18.2 Å². The third-order valence-electron chi connectivity index (χ3n) is 5.67. The number of likely N-dealkylation sites (tertiary alicyclic amines) is 1. The van der Waals surface area contributed by atoms with Crippen LogP contribution in [0.1, 0.15) is 45.8 Å². The molecule has 1 fully saturated rings. The Kier molecular flexibility index (Phi) is 7.02. The van der Waals surface area contributed by atoms with Crippen LogP contribution in [0.2, 0.25) is 0 Å². The van der Waals surface area contributed by atoms with E-state index < -0.39 is 35.3 Å². The Morgan fingerprint density at radius 1 is 1.21 bits per heavy atom. The molecule has 33 heavy (non-hydrogen) atoms.